The van der Waals surface area contributed by atoms with E-state index in [-0.39, 0.29) is 10.9 Å². The van der Waals surface area contributed by atoms with Crippen molar-refractivity contribution >= 4 is 21.7 Å². The number of hydrogen-bond acceptors (Lipinski definition) is 5. The average molecular weight is 331 g/mol. The van der Waals surface area contributed by atoms with Crippen LogP contribution < -0.4 is 9.47 Å². The summed E-state index contributed by atoms with van der Waals surface area (Å²) in [6.07, 6.45) is -4.94. The summed E-state index contributed by atoms with van der Waals surface area (Å²) in [4.78, 5) is 13.0. The Kier molecular flexibility index (Phi) is 4.33. The zero-order valence-electron chi connectivity index (χ0n) is 8.82. The molecule has 0 aromatic carbocycles. The summed E-state index contributed by atoms with van der Waals surface area (Å²) >= 11 is 2.91. The van der Waals surface area contributed by atoms with Gasteiger partial charge in [-0.15, -0.1) is 13.2 Å². The van der Waals surface area contributed by atoms with Crippen LogP contribution in [0, 0.1) is 10.1 Å². The van der Waals surface area contributed by atoms with E-state index < -0.39 is 28.7 Å². The maximum atomic E-state index is 12.2. The summed E-state index contributed by atoms with van der Waals surface area (Å²) in [6, 6.07) is 0.873. The van der Waals surface area contributed by atoms with Crippen molar-refractivity contribution in [2.75, 3.05) is 7.11 Å². The van der Waals surface area contributed by atoms with Gasteiger partial charge in [0.1, 0.15) is 0 Å². The first kappa shape index (κ1) is 14.5. The summed E-state index contributed by atoms with van der Waals surface area (Å²) in [6.45, 7) is 0. The molecule has 100 valence electrons. The van der Waals surface area contributed by atoms with Gasteiger partial charge in [0, 0.05) is 21.9 Å². The molecule has 0 aliphatic rings. The monoisotopic (exact) mass is 330 g/mol. The van der Waals surface area contributed by atoms with E-state index in [9.17, 15) is 23.3 Å². The quantitative estimate of drug-likeness (QED) is 0.482. The first-order valence-corrected chi connectivity index (χ1v) is 5.44. The Morgan fingerprint density at radius 3 is 2.56 bits per heavy atom. The Hall–Kier alpha value is -1.58. The van der Waals surface area contributed by atoms with Crippen molar-refractivity contribution in [3.8, 4) is 11.6 Å². The summed E-state index contributed by atoms with van der Waals surface area (Å²) in [7, 11) is 1.04. The van der Waals surface area contributed by atoms with Gasteiger partial charge in [-0.05, 0) is 4.92 Å². The lowest BCUT2D eigenvalue weighted by atomic mass is 10.2. The lowest BCUT2D eigenvalue weighted by Gasteiger charge is -2.12. The Labute approximate surface area is 107 Å². The number of nitro groups is 1. The molecule has 0 saturated heterocycles. The topological polar surface area (TPSA) is 74.5 Å². The van der Waals surface area contributed by atoms with Gasteiger partial charge < -0.3 is 19.6 Å². The highest BCUT2D eigenvalue weighted by molar-refractivity contribution is 9.08. The molecule has 0 aliphatic carbocycles. The van der Waals surface area contributed by atoms with Crippen molar-refractivity contribution in [2.24, 2.45) is 0 Å². The Morgan fingerprint density at radius 2 is 2.17 bits per heavy atom. The van der Waals surface area contributed by atoms with E-state index in [4.69, 9.17) is 0 Å². The molecule has 0 aliphatic heterocycles. The number of pyridine rings is 1. The highest BCUT2D eigenvalue weighted by Crippen LogP contribution is 2.37. The molecule has 0 N–H and O–H groups in total. The minimum Gasteiger partial charge on any atom is -0.460 e. The maximum Gasteiger partial charge on any atom is 0.573 e. The van der Waals surface area contributed by atoms with Crippen molar-refractivity contribution in [3.63, 3.8) is 0 Å². The molecular formula is C8H6BrF3N2O4. The zero-order chi connectivity index (χ0) is 13.9. The molecule has 0 amide bonds. The number of halogens is 4. The van der Waals surface area contributed by atoms with Crippen LogP contribution in [0.3, 0.4) is 0 Å². The number of nitrogens with zero attached hydrogens (tertiary/aromatic N) is 2. The molecule has 1 rings (SSSR count). The molecule has 0 saturated carbocycles. The normalized spacial score (nSPS) is 11.2. The number of rotatable bonds is 4. The number of ether oxygens (including phenoxy) is 2. The third-order valence-electron chi connectivity index (χ3n) is 1.75. The third kappa shape index (κ3) is 3.45. The van der Waals surface area contributed by atoms with Crippen LogP contribution in [0.2, 0.25) is 0 Å². The van der Waals surface area contributed by atoms with Crippen LogP contribution in [0.4, 0.5) is 19.0 Å². The smallest absolute Gasteiger partial charge is 0.460 e. The molecule has 10 heteroatoms. The molecule has 0 atom stereocenters. The highest BCUT2D eigenvalue weighted by atomic mass is 79.9. The Bertz CT molecular complexity index is 441. The average Bonchev–Trinajstić information content (AvgIpc) is 2.26. The van der Waals surface area contributed by atoms with Crippen molar-refractivity contribution in [1.82, 2.24) is 4.98 Å². The van der Waals surface area contributed by atoms with Gasteiger partial charge in [0.15, 0.2) is 0 Å². The summed E-state index contributed by atoms with van der Waals surface area (Å²) in [5, 5.41) is 10.5. The standard InChI is InChI=1S/C8H6BrF3N2O4/c1-17-7-6(18-8(10,11)12)4(3-9)2-5(13-7)14(15)16/h2H,3H2,1H3. The SMILES string of the molecule is COc1nc([N+](=O)[O-])cc(CBr)c1OC(F)(F)F. The fourth-order valence-electron chi connectivity index (χ4n) is 1.10. The molecule has 0 spiro atoms. The summed E-state index contributed by atoms with van der Waals surface area (Å²) in [5.41, 5.74) is -0.0918. The molecule has 1 aromatic heterocycles. The minimum absolute atomic E-state index is 0.0852. The van der Waals surface area contributed by atoms with Crippen LogP contribution in [0.1, 0.15) is 5.56 Å². The number of aromatic nitrogens is 1. The van der Waals surface area contributed by atoms with Crippen molar-refractivity contribution in [1.29, 1.82) is 0 Å². The zero-order valence-corrected chi connectivity index (χ0v) is 10.4. The summed E-state index contributed by atoms with van der Waals surface area (Å²) in [5.74, 6) is -1.93. The van der Waals surface area contributed by atoms with Gasteiger partial charge in [0.25, 0.3) is 0 Å². The molecule has 1 heterocycles. The minimum atomic E-state index is -4.94. The third-order valence-corrected chi connectivity index (χ3v) is 2.35. The predicted molar refractivity (Wildman–Crippen MR) is 56.8 cm³/mol. The van der Waals surface area contributed by atoms with Gasteiger partial charge in [0.2, 0.25) is 5.75 Å². The first-order chi connectivity index (χ1) is 8.28. The first-order valence-electron chi connectivity index (χ1n) is 4.32. The maximum absolute atomic E-state index is 12.2. The molecule has 0 bridgehead atoms. The Morgan fingerprint density at radius 1 is 1.56 bits per heavy atom. The van der Waals surface area contributed by atoms with Gasteiger partial charge in [-0.1, -0.05) is 15.9 Å². The molecule has 0 fully saturated rings. The fourth-order valence-corrected chi connectivity index (χ4v) is 1.52. The van der Waals surface area contributed by atoms with E-state index in [0.717, 1.165) is 13.2 Å². The predicted octanol–water partition coefficient (Wildman–Crippen LogP) is 2.79. The van der Waals surface area contributed by atoms with Crippen molar-refractivity contribution in [2.45, 2.75) is 11.7 Å². The van der Waals surface area contributed by atoms with Crippen LogP contribution in [-0.2, 0) is 5.33 Å². The van der Waals surface area contributed by atoms with Crippen molar-refractivity contribution in [3.05, 3.63) is 21.7 Å². The molecule has 0 radical (unpaired) electrons. The molecular weight excluding hydrogens is 325 g/mol. The van der Waals surface area contributed by atoms with Crippen LogP contribution in [0.25, 0.3) is 0 Å². The van der Waals surface area contributed by atoms with Gasteiger partial charge in [-0.3, -0.25) is 0 Å². The van der Waals surface area contributed by atoms with Gasteiger partial charge in [-0.2, -0.15) is 0 Å². The second kappa shape index (κ2) is 5.38. The van der Waals surface area contributed by atoms with Crippen LogP contribution >= 0.6 is 15.9 Å². The van der Waals surface area contributed by atoms with E-state index in [1.54, 1.807) is 0 Å². The van der Waals surface area contributed by atoms with Crippen LogP contribution in [-0.4, -0.2) is 23.4 Å². The van der Waals surface area contributed by atoms with Gasteiger partial charge in [0.05, 0.1) is 7.11 Å². The number of alkyl halides is 4. The number of hydrogen-bond donors (Lipinski definition) is 0. The fraction of sp³-hybridized carbons (Fsp3) is 0.375. The highest BCUT2D eigenvalue weighted by Gasteiger charge is 2.36. The van der Waals surface area contributed by atoms with Crippen molar-refractivity contribution < 1.29 is 27.6 Å². The van der Waals surface area contributed by atoms with Gasteiger partial charge in [-0.25, -0.2) is 0 Å². The van der Waals surface area contributed by atoms with E-state index in [1.807, 2.05) is 0 Å². The molecule has 0 unspecified atom stereocenters. The van der Waals surface area contributed by atoms with E-state index in [0.29, 0.717) is 0 Å². The molecule has 6 nitrogen and oxygen atoms in total. The molecule has 18 heavy (non-hydrogen) atoms. The second-order valence-electron chi connectivity index (χ2n) is 2.92. The largest absolute Gasteiger partial charge is 0.573 e. The second-order valence-corrected chi connectivity index (χ2v) is 3.48. The van der Waals surface area contributed by atoms with E-state index in [1.165, 1.54) is 0 Å². The number of methoxy groups -OCH3 is 1. The van der Waals surface area contributed by atoms with E-state index in [2.05, 4.69) is 30.4 Å². The Balaban J connectivity index is 3.34. The van der Waals surface area contributed by atoms with Gasteiger partial charge >= 0.3 is 18.1 Å². The molecule has 1 aromatic rings. The van der Waals surface area contributed by atoms with Crippen LogP contribution in [0.15, 0.2) is 6.07 Å². The summed E-state index contributed by atoms with van der Waals surface area (Å²) < 4.78 is 44.8. The van der Waals surface area contributed by atoms with E-state index >= 15 is 0 Å². The van der Waals surface area contributed by atoms with Crippen LogP contribution in [0.5, 0.6) is 11.6 Å². The lowest BCUT2D eigenvalue weighted by Crippen LogP contribution is -2.19. The lowest BCUT2D eigenvalue weighted by molar-refractivity contribution is -0.389.